The normalized spacial score (nSPS) is 16.8. The Kier molecular flexibility index (Phi) is 8.06. The number of unbranched alkanes of at least 4 members (excludes halogenated alkanes) is 2. The number of hydrogen-bond donors (Lipinski definition) is 1. The van der Waals surface area contributed by atoms with Gasteiger partial charge in [-0.3, -0.25) is 4.79 Å². The van der Waals surface area contributed by atoms with Crippen molar-refractivity contribution >= 4 is 5.91 Å². The third-order valence-electron chi connectivity index (χ3n) is 4.07. The lowest BCUT2D eigenvalue weighted by atomic mass is 9.86. The van der Waals surface area contributed by atoms with Gasteiger partial charge in [0.05, 0.1) is 0 Å². The van der Waals surface area contributed by atoms with Crippen LogP contribution < -0.4 is 0 Å². The van der Waals surface area contributed by atoms with Crippen molar-refractivity contribution in [2.45, 2.75) is 64.2 Å². The summed E-state index contributed by atoms with van der Waals surface area (Å²) >= 11 is 0. The number of carbonyl (C=O) groups is 1. The van der Waals surface area contributed by atoms with Crippen molar-refractivity contribution in [1.29, 1.82) is 0 Å². The average molecular weight is 255 g/mol. The first kappa shape index (κ1) is 15.5. The number of nitrogens with zero attached hydrogens (tertiary/aromatic N) is 1. The Morgan fingerprint density at radius 3 is 2.56 bits per heavy atom. The lowest BCUT2D eigenvalue weighted by Crippen LogP contribution is -2.28. The minimum Gasteiger partial charge on any atom is -0.396 e. The third-order valence-corrected chi connectivity index (χ3v) is 4.07. The summed E-state index contributed by atoms with van der Waals surface area (Å²) in [5, 5.41) is 8.69. The monoisotopic (exact) mass is 255 g/mol. The molecule has 0 aromatic heterocycles. The van der Waals surface area contributed by atoms with Gasteiger partial charge in [0.25, 0.3) is 0 Å². The topological polar surface area (TPSA) is 40.5 Å². The lowest BCUT2D eigenvalue weighted by Gasteiger charge is -2.23. The van der Waals surface area contributed by atoms with E-state index in [1.54, 1.807) is 0 Å². The van der Waals surface area contributed by atoms with Crippen molar-refractivity contribution in [3.63, 3.8) is 0 Å². The largest absolute Gasteiger partial charge is 0.396 e. The molecule has 3 heteroatoms. The van der Waals surface area contributed by atoms with E-state index in [2.05, 4.69) is 0 Å². The van der Waals surface area contributed by atoms with Crippen LogP contribution in [0.4, 0.5) is 0 Å². The minimum absolute atomic E-state index is 0.263. The van der Waals surface area contributed by atoms with E-state index in [9.17, 15) is 4.79 Å². The fourth-order valence-electron chi connectivity index (χ4n) is 2.76. The van der Waals surface area contributed by atoms with Crippen LogP contribution in [0.3, 0.4) is 0 Å². The predicted octanol–water partition coefficient (Wildman–Crippen LogP) is 2.97. The van der Waals surface area contributed by atoms with E-state index < -0.39 is 0 Å². The van der Waals surface area contributed by atoms with E-state index in [1.807, 2.05) is 11.9 Å². The summed E-state index contributed by atoms with van der Waals surface area (Å²) in [6, 6.07) is 0. The van der Waals surface area contributed by atoms with Gasteiger partial charge in [-0.05, 0) is 31.6 Å². The molecule has 1 N–H and O–H groups in total. The molecule has 0 unspecified atom stereocenters. The maximum absolute atomic E-state index is 11.9. The Hall–Kier alpha value is -0.570. The molecule has 18 heavy (non-hydrogen) atoms. The van der Waals surface area contributed by atoms with Crippen molar-refractivity contribution in [3.8, 4) is 0 Å². The SMILES string of the molecule is CN(CCCCCO)C(=O)CCC1CCCCC1. The van der Waals surface area contributed by atoms with Crippen molar-refractivity contribution in [2.75, 3.05) is 20.2 Å². The van der Waals surface area contributed by atoms with Gasteiger partial charge in [0.1, 0.15) is 0 Å². The van der Waals surface area contributed by atoms with Gasteiger partial charge in [-0.15, -0.1) is 0 Å². The molecule has 0 aromatic rings. The van der Waals surface area contributed by atoms with Gasteiger partial charge in [-0.1, -0.05) is 32.1 Å². The number of aliphatic hydroxyl groups excluding tert-OH is 1. The van der Waals surface area contributed by atoms with Crippen LogP contribution >= 0.6 is 0 Å². The highest BCUT2D eigenvalue weighted by Gasteiger charge is 2.16. The second-order valence-electron chi connectivity index (χ2n) is 5.64. The highest BCUT2D eigenvalue weighted by Crippen LogP contribution is 2.27. The summed E-state index contributed by atoms with van der Waals surface area (Å²) < 4.78 is 0. The van der Waals surface area contributed by atoms with Gasteiger partial charge in [-0.25, -0.2) is 0 Å². The smallest absolute Gasteiger partial charge is 0.222 e. The van der Waals surface area contributed by atoms with Crippen molar-refractivity contribution in [3.05, 3.63) is 0 Å². The Balaban J connectivity index is 2.07. The number of aliphatic hydroxyl groups is 1. The van der Waals surface area contributed by atoms with Gasteiger partial charge in [-0.2, -0.15) is 0 Å². The maximum atomic E-state index is 11.9. The number of carbonyl (C=O) groups excluding carboxylic acids is 1. The lowest BCUT2D eigenvalue weighted by molar-refractivity contribution is -0.130. The van der Waals surface area contributed by atoms with E-state index >= 15 is 0 Å². The van der Waals surface area contributed by atoms with Gasteiger partial charge in [0.15, 0.2) is 0 Å². The molecule has 1 amide bonds. The Bertz CT molecular complexity index is 225. The van der Waals surface area contributed by atoms with E-state index in [-0.39, 0.29) is 6.61 Å². The van der Waals surface area contributed by atoms with E-state index in [1.165, 1.54) is 32.1 Å². The van der Waals surface area contributed by atoms with Gasteiger partial charge in [0.2, 0.25) is 5.91 Å². The fraction of sp³-hybridized carbons (Fsp3) is 0.933. The molecule has 1 fully saturated rings. The first-order chi connectivity index (χ1) is 8.74. The van der Waals surface area contributed by atoms with Gasteiger partial charge < -0.3 is 10.0 Å². The molecule has 1 aliphatic rings. The molecule has 0 spiro atoms. The Labute approximate surface area is 112 Å². The van der Waals surface area contributed by atoms with Crippen LogP contribution in [0.25, 0.3) is 0 Å². The van der Waals surface area contributed by atoms with E-state index in [0.29, 0.717) is 5.91 Å². The molecule has 0 atom stereocenters. The van der Waals surface area contributed by atoms with E-state index in [4.69, 9.17) is 5.11 Å². The quantitative estimate of drug-likeness (QED) is 0.677. The Morgan fingerprint density at radius 1 is 1.17 bits per heavy atom. The van der Waals surface area contributed by atoms with E-state index in [0.717, 1.165) is 44.6 Å². The molecule has 0 radical (unpaired) electrons. The Morgan fingerprint density at radius 2 is 1.89 bits per heavy atom. The zero-order valence-electron chi connectivity index (χ0n) is 11.9. The van der Waals surface area contributed by atoms with Crippen molar-refractivity contribution < 1.29 is 9.90 Å². The molecule has 0 aromatic carbocycles. The second kappa shape index (κ2) is 9.37. The number of rotatable bonds is 8. The summed E-state index contributed by atoms with van der Waals surface area (Å²) in [7, 11) is 1.90. The molecule has 0 aliphatic heterocycles. The third kappa shape index (κ3) is 6.39. The molecular formula is C15H29NO2. The fourth-order valence-corrected chi connectivity index (χ4v) is 2.76. The summed E-state index contributed by atoms with van der Waals surface area (Å²) in [6.07, 6.45) is 11.4. The highest BCUT2D eigenvalue weighted by atomic mass is 16.2. The zero-order chi connectivity index (χ0) is 13.2. The zero-order valence-corrected chi connectivity index (χ0v) is 11.9. The summed E-state index contributed by atoms with van der Waals surface area (Å²) in [6.45, 7) is 1.10. The summed E-state index contributed by atoms with van der Waals surface area (Å²) in [4.78, 5) is 13.8. The number of hydrogen-bond acceptors (Lipinski definition) is 2. The molecule has 1 rings (SSSR count). The van der Waals surface area contributed by atoms with Crippen LogP contribution in [0.2, 0.25) is 0 Å². The average Bonchev–Trinajstić information content (AvgIpc) is 2.42. The standard InChI is InChI=1S/C15H29NO2/c1-16(12-6-3-7-13-17)15(18)11-10-14-8-4-2-5-9-14/h14,17H,2-13H2,1H3. The van der Waals surface area contributed by atoms with Crippen LogP contribution in [-0.4, -0.2) is 36.1 Å². The number of amides is 1. The molecule has 1 aliphatic carbocycles. The van der Waals surface area contributed by atoms with Crippen molar-refractivity contribution in [2.24, 2.45) is 5.92 Å². The maximum Gasteiger partial charge on any atom is 0.222 e. The summed E-state index contributed by atoms with van der Waals surface area (Å²) in [5.74, 6) is 1.09. The van der Waals surface area contributed by atoms with Crippen LogP contribution in [0.5, 0.6) is 0 Å². The first-order valence-electron chi connectivity index (χ1n) is 7.59. The van der Waals surface area contributed by atoms with Gasteiger partial charge >= 0.3 is 0 Å². The van der Waals surface area contributed by atoms with Gasteiger partial charge in [0, 0.05) is 26.6 Å². The molecule has 0 bridgehead atoms. The first-order valence-corrected chi connectivity index (χ1v) is 7.59. The predicted molar refractivity (Wildman–Crippen MR) is 74.4 cm³/mol. The minimum atomic E-state index is 0.263. The van der Waals surface area contributed by atoms with Crippen LogP contribution in [0, 0.1) is 5.92 Å². The molecule has 0 heterocycles. The molecule has 3 nitrogen and oxygen atoms in total. The molecule has 106 valence electrons. The van der Waals surface area contributed by atoms with Crippen LogP contribution in [0.1, 0.15) is 64.2 Å². The second-order valence-corrected chi connectivity index (χ2v) is 5.64. The highest BCUT2D eigenvalue weighted by molar-refractivity contribution is 5.75. The van der Waals surface area contributed by atoms with Crippen LogP contribution in [-0.2, 0) is 4.79 Å². The summed E-state index contributed by atoms with van der Waals surface area (Å²) in [5.41, 5.74) is 0. The van der Waals surface area contributed by atoms with Crippen molar-refractivity contribution in [1.82, 2.24) is 4.90 Å². The van der Waals surface area contributed by atoms with Crippen LogP contribution in [0.15, 0.2) is 0 Å². The molecule has 1 saturated carbocycles. The molecular weight excluding hydrogens is 226 g/mol. The molecule has 0 saturated heterocycles.